The summed E-state index contributed by atoms with van der Waals surface area (Å²) in [7, 11) is 0. The van der Waals surface area contributed by atoms with Gasteiger partial charge in [-0.05, 0) is 12.1 Å². The molecular formula is C12H9IN2O3. The molecule has 1 aromatic carbocycles. The van der Waals surface area contributed by atoms with Crippen LogP contribution in [0.3, 0.4) is 0 Å². The maximum Gasteiger partial charge on any atom is 0.262 e. The number of halogens is 1. The van der Waals surface area contributed by atoms with Crippen molar-refractivity contribution in [2.24, 2.45) is 0 Å². The summed E-state index contributed by atoms with van der Waals surface area (Å²) in [6.07, 6.45) is 0. The molecule has 0 saturated carbocycles. The van der Waals surface area contributed by atoms with Crippen molar-refractivity contribution in [1.82, 2.24) is 10.2 Å². The van der Waals surface area contributed by atoms with E-state index in [0.29, 0.717) is 15.6 Å². The van der Waals surface area contributed by atoms with Gasteiger partial charge in [0.15, 0.2) is 0 Å². The van der Waals surface area contributed by atoms with Gasteiger partial charge in [-0.1, -0.05) is 34.7 Å². The standard InChI is InChI=1S/C12H9IN2O3/c13-5-8-9(10(16)14-8)15-11(17)6-3-1-2-4-7(6)12(15)18/h1-4,8-9H,5H2,(H,14,16). The fraction of sp³-hybridized carbons (Fsp3) is 0.250. The number of carbonyl (C=O) groups is 3. The second kappa shape index (κ2) is 4.04. The molecule has 2 aliphatic heterocycles. The highest BCUT2D eigenvalue weighted by Crippen LogP contribution is 2.28. The molecule has 0 radical (unpaired) electrons. The van der Waals surface area contributed by atoms with Crippen molar-refractivity contribution in [3.05, 3.63) is 35.4 Å². The van der Waals surface area contributed by atoms with Gasteiger partial charge in [0.25, 0.3) is 11.8 Å². The number of alkyl halides is 1. The molecule has 6 heteroatoms. The molecule has 5 nitrogen and oxygen atoms in total. The number of fused-ring (bicyclic) bond motifs is 1. The molecule has 0 aliphatic carbocycles. The zero-order chi connectivity index (χ0) is 12.9. The lowest BCUT2D eigenvalue weighted by molar-refractivity contribution is -0.133. The molecule has 2 atom stereocenters. The van der Waals surface area contributed by atoms with E-state index in [0.717, 1.165) is 4.90 Å². The number of hydrogen-bond donors (Lipinski definition) is 1. The number of rotatable bonds is 2. The molecule has 2 heterocycles. The van der Waals surface area contributed by atoms with Gasteiger partial charge in [-0.3, -0.25) is 19.3 Å². The fourth-order valence-corrected chi connectivity index (χ4v) is 3.02. The first-order chi connectivity index (χ1) is 8.65. The topological polar surface area (TPSA) is 66.5 Å². The van der Waals surface area contributed by atoms with E-state index in [2.05, 4.69) is 27.9 Å². The highest BCUT2D eigenvalue weighted by atomic mass is 127. The Bertz CT molecular complexity index is 537. The summed E-state index contributed by atoms with van der Waals surface area (Å²) in [6.45, 7) is 0. The zero-order valence-corrected chi connectivity index (χ0v) is 11.4. The minimum atomic E-state index is -0.658. The van der Waals surface area contributed by atoms with Crippen molar-refractivity contribution >= 4 is 40.3 Å². The zero-order valence-electron chi connectivity index (χ0n) is 9.22. The first-order valence-electron chi connectivity index (χ1n) is 5.48. The van der Waals surface area contributed by atoms with E-state index in [-0.39, 0.29) is 23.8 Å². The van der Waals surface area contributed by atoms with Crippen molar-refractivity contribution in [2.45, 2.75) is 12.1 Å². The number of hydrogen-bond acceptors (Lipinski definition) is 3. The molecule has 18 heavy (non-hydrogen) atoms. The van der Waals surface area contributed by atoms with Crippen LogP contribution in [0.25, 0.3) is 0 Å². The Kier molecular flexibility index (Phi) is 2.61. The van der Waals surface area contributed by atoms with E-state index in [4.69, 9.17) is 0 Å². The summed E-state index contributed by atoms with van der Waals surface area (Å²) in [4.78, 5) is 37.0. The van der Waals surface area contributed by atoms with Gasteiger partial charge in [0.1, 0.15) is 6.04 Å². The van der Waals surface area contributed by atoms with E-state index in [1.807, 2.05) is 0 Å². The lowest BCUT2D eigenvalue weighted by Gasteiger charge is -2.40. The maximum absolute atomic E-state index is 12.2. The van der Waals surface area contributed by atoms with Crippen molar-refractivity contribution in [3.8, 4) is 0 Å². The average molecular weight is 356 g/mol. The number of nitrogens with one attached hydrogen (secondary N) is 1. The van der Waals surface area contributed by atoms with Gasteiger partial charge >= 0.3 is 0 Å². The molecule has 2 aliphatic rings. The summed E-state index contributed by atoms with van der Waals surface area (Å²) < 4.78 is 0.668. The number of nitrogens with zero attached hydrogens (tertiary/aromatic N) is 1. The van der Waals surface area contributed by atoms with Crippen LogP contribution in [-0.4, -0.2) is 39.1 Å². The van der Waals surface area contributed by atoms with E-state index in [1.165, 1.54) is 0 Å². The van der Waals surface area contributed by atoms with E-state index in [9.17, 15) is 14.4 Å². The van der Waals surface area contributed by atoms with E-state index in [1.54, 1.807) is 24.3 Å². The Morgan fingerprint density at radius 3 is 2.11 bits per heavy atom. The highest BCUT2D eigenvalue weighted by molar-refractivity contribution is 14.1. The van der Waals surface area contributed by atoms with Crippen LogP contribution in [0.4, 0.5) is 0 Å². The van der Waals surface area contributed by atoms with Crippen LogP contribution in [0.2, 0.25) is 0 Å². The Labute approximate surface area is 117 Å². The Morgan fingerprint density at radius 2 is 1.67 bits per heavy atom. The third-order valence-electron chi connectivity index (χ3n) is 3.25. The molecule has 0 bridgehead atoms. The largest absolute Gasteiger partial charge is 0.348 e. The number of imide groups is 1. The maximum atomic E-state index is 12.2. The number of benzene rings is 1. The number of amides is 3. The highest BCUT2D eigenvalue weighted by Gasteiger charge is 2.51. The molecule has 1 saturated heterocycles. The third-order valence-corrected chi connectivity index (χ3v) is 4.20. The Hall–Kier alpha value is -1.44. The van der Waals surface area contributed by atoms with Crippen LogP contribution < -0.4 is 5.32 Å². The molecule has 0 spiro atoms. The predicted molar refractivity (Wildman–Crippen MR) is 71.5 cm³/mol. The van der Waals surface area contributed by atoms with E-state index >= 15 is 0 Å². The predicted octanol–water partition coefficient (Wildman–Crippen LogP) is 0.585. The van der Waals surface area contributed by atoms with Gasteiger partial charge in [0.05, 0.1) is 17.2 Å². The van der Waals surface area contributed by atoms with E-state index < -0.39 is 6.04 Å². The average Bonchev–Trinajstić information content (AvgIpc) is 2.62. The fourth-order valence-electron chi connectivity index (χ4n) is 2.31. The molecule has 1 N–H and O–H groups in total. The molecule has 0 aromatic heterocycles. The quantitative estimate of drug-likeness (QED) is 0.365. The smallest absolute Gasteiger partial charge is 0.262 e. The number of carbonyl (C=O) groups excluding carboxylic acids is 3. The lowest BCUT2D eigenvalue weighted by Crippen LogP contribution is -2.70. The summed E-state index contributed by atoms with van der Waals surface area (Å²) in [5.41, 5.74) is 0.767. The molecule has 3 rings (SSSR count). The molecule has 3 amide bonds. The molecule has 2 unspecified atom stereocenters. The number of β-lactam (4-membered cyclic amide) rings is 1. The molecule has 1 aromatic rings. The third kappa shape index (κ3) is 1.41. The summed E-state index contributed by atoms with van der Waals surface area (Å²) in [5, 5.41) is 2.69. The minimum absolute atomic E-state index is 0.139. The Balaban J connectivity index is 2.00. The normalized spacial score (nSPS) is 25.8. The van der Waals surface area contributed by atoms with Gasteiger partial charge in [0, 0.05) is 4.43 Å². The van der Waals surface area contributed by atoms with Crippen molar-refractivity contribution < 1.29 is 14.4 Å². The summed E-state index contributed by atoms with van der Waals surface area (Å²) in [5.74, 6) is -0.998. The Morgan fingerprint density at radius 1 is 1.11 bits per heavy atom. The lowest BCUT2D eigenvalue weighted by atomic mass is 9.99. The summed E-state index contributed by atoms with van der Waals surface area (Å²) >= 11 is 2.13. The monoisotopic (exact) mass is 356 g/mol. The van der Waals surface area contributed by atoms with Crippen LogP contribution in [-0.2, 0) is 4.79 Å². The van der Waals surface area contributed by atoms with Gasteiger partial charge in [-0.15, -0.1) is 0 Å². The minimum Gasteiger partial charge on any atom is -0.348 e. The van der Waals surface area contributed by atoms with Crippen molar-refractivity contribution in [3.63, 3.8) is 0 Å². The first kappa shape index (κ1) is 11.6. The van der Waals surface area contributed by atoms with Gasteiger partial charge in [-0.25, -0.2) is 0 Å². The molecular weight excluding hydrogens is 347 g/mol. The second-order valence-corrected chi connectivity index (χ2v) is 5.12. The first-order valence-corrected chi connectivity index (χ1v) is 7.01. The van der Waals surface area contributed by atoms with Gasteiger partial charge in [0.2, 0.25) is 5.91 Å². The van der Waals surface area contributed by atoms with Gasteiger partial charge in [-0.2, -0.15) is 0 Å². The van der Waals surface area contributed by atoms with Crippen molar-refractivity contribution in [2.75, 3.05) is 4.43 Å². The van der Waals surface area contributed by atoms with Crippen LogP contribution in [0, 0.1) is 0 Å². The van der Waals surface area contributed by atoms with Crippen LogP contribution in [0.5, 0.6) is 0 Å². The van der Waals surface area contributed by atoms with Crippen molar-refractivity contribution in [1.29, 1.82) is 0 Å². The SMILES string of the molecule is O=C1NC(CI)C1N1C(=O)c2ccccc2C1=O. The van der Waals surface area contributed by atoms with Crippen LogP contribution >= 0.6 is 22.6 Å². The molecule has 1 fully saturated rings. The second-order valence-electron chi connectivity index (χ2n) is 4.24. The van der Waals surface area contributed by atoms with Crippen LogP contribution in [0.1, 0.15) is 20.7 Å². The molecule has 92 valence electrons. The summed E-state index contributed by atoms with van der Waals surface area (Å²) in [6, 6.07) is 5.86. The van der Waals surface area contributed by atoms with Gasteiger partial charge < -0.3 is 5.32 Å². The van der Waals surface area contributed by atoms with Crippen LogP contribution in [0.15, 0.2) is 24.3 Å².